The highest BCUT2D eigenvalue weighted by atomic mass is 32.2. The Bertz CT molecular complexity index is 998. The van der Waals surface area contributed by atoms with Crippen LogP contribution in [0.15, 0.2) is 12.0 Å². The standard InChI is InChI=1S/C27H43N7O5S/c28-16-3-1-2-4-17(16)31-20-9-14-11-29-26(36)22(14)25(32-20)33-27-30-12-19(40-27)15-13-38-24-18(35)10-21(39-23(15)24)34-5-7-37-8-6-34/h10,14-17,19-20,22-25,27,30-33H,1-9,11-13,28H2,(H,29,36)/t14?,15?,16-,17+,19?,20?,22?,23?,24?,25?,27?/m1/s1. The maximum Gasteiger partial charge on any atom is 0.226 e. The van der Waals surface area contributed by atoms with Gasteiger partial charge in [0.2, 0.25) is 5.91 Å². The van der Waals surface area contributed by atoms with Crippen LogP contribution in [0.4, 0.5) is 0 Å². The van der Waals surface area contributed by atoms with Crippen molar-refractivity contribution in [3.8, 4) is 0 Å². The van der Waals surface area contributed by atoms with E-state index in [0.717, 1.165) is 45.4 Å². The van der Waals surface area contributed by atoms with E-state index in [0.29, 0.717) is 31.7 Å². The largest absolute Gasteiger partial charge is 0.472 e. The number of ketones is 1. The van der Waals surface area contributed by atoms with E-state index in [9.17, 15) is 9.59 Å². The summed E-state index contributed by atoms with van der Waals surface area (Å²) in [5, 5.41) is 18.1. The second-order valence-corrected chi connectivity index (χ2v) is 13.6. The molecule has 6 aliphatic heterocycles. The molecule has 0 aromatic heterocycles. The SMILES string of the molecule is N[C@@H]1CCCC[C@@H]1NC1CC2CNC(=O)C2C(NC2NCC(C3COC4C(=O)C=C(N5CCOCC5)OC43)S2)N1. The molecule has 9 unspecified atom stereocenters. The highest BCUT2D eigenvalue weighted by Crippen LogP contribution is 2.40. The van der Waals surface area contributed by atoms with Gasteiger partial charge in [-0.2, -0.15) is 0 Å². The van der Waals surface area contributed by atoms with Crippen LogP contribution < -0.4 is 32.3 Å². The Morgan fingerprint density at radius 2 is 1.95 bits per heavy atom. The third-order valence-electron chi connectivity index (χ3n) is 9.80. The molecular formula is C27H43N7O5S. The third-order valence-corrected chi connectivity index (χ3v) is 11.2. The number of thioether (sulfide) groups is 1. The zero-order valence-corrected chi connectivity index (χ0v) is 23.7. The van der Waals surface area contributed by atoms with Crippen molar-refractivity contribution in [2.45, 2.75) is 79.5 Å². The minimum absolute atomic E-state index is 0.00760. The minimum atomic E-state index is -0.539. The van der Waals surface area contributed by atoms with Crippen molar-refractivity contribution in [3.05, 3.63) is 12.0 Å². The predicted octanol–water partition coefficient (Wildman–Crippen LogP) is -1.41. The fourth-order valence-electron chi connectivity index (χ4n) is 7.60. The van der Waals surface area contributed by atoms with E-state index in [1.54, 1.807) is 6.08 Å². The van der Waals surface area contributed by atoms with E-state index >= 15 is 0 Å². The zero-order valence-electron chi connectivity index (χ0n) is 22.9. The lowest BCUT2D eigenvalue weighted by Crippen LogP contribution is -2.67. The van der Waals surface area contributed by atoms with Crippen molar-refractivity contribution in [1.29, 1.82) is 0 Å². The molecule has 0 bridgehead atoms. The normalized spacial score (nSPS) is 45.5. The van der Waals surface area contributed by atoms with Crippen LogP contribution in [0.2, 0.25) is 0 Å². The zero-order chi connectivity index (χ0) is 27.2. The molecule has 6 heterocycles. The van der Waals surface area contributed by atoms with Gasteiger partial charge in [0, 0.05) is 55.5 Å². The molecule has 40 heavy (non-hydrogen) atoms. The summed E-state index contributed by atoms with van der Waals surface area (Å²) in [6.07, 6.45) is 6.21. The molecule has 0 aromatic carbocycles. The van der Waals surface area contributed by atoms with E-state index in [4.69, 9.17) is 19.9 Å². The molecular weight excluding hydrogens is 534 g/mol. The first-order chi connectivity index (χ1) is 19.5. The number of ether oxygens (including phenoxy) is 3. The van der Waals surface area contributed by atoms with Crippen molar-refractivity contribution >= 4 is 23.5 Å². The molecule has 13 heteroatoms. The van der Waals surface area contributed by atoms with Gasteiger partial charge in [-0.05, 0) is 25.2 Å². The van der Waals surface area contributed by atoms with Gasteiger partial charge in [0.1, 0.15) is 11.6 Å². The smallest absolute Gasteiger partial charge is 0.226 e. The second-order valence-electron chi connectivity index (χ2n) is 12.3. The lowest BCUT2D eigenvalue weighted by molar-refractivity contribution is -0.133. The molecule has 5 saturated heterocycles. The molecule has 6 fully saturated rings. The van der Waals surface area contributed by atoms with Gasteiger partial charge in [0.15, 0.2) is 17.8 Å². The average molecular weight is 578 g/mol. The summed E-state index contributed by atoms with van der Waals surface area (Å²) in [6, 6.07) is 0.488. The van der Waals surface area contributed by atoms with E-state index in [1.165, 1.54) is 12.8 Å². The molecule has 0 radical (unpaired) electrons. The summed E-state index contributed by atoms with van der Waals surface area (Å²) in [5.41, 5.74) is 6.41. The van der Waals surface area contributed by atoms with Gasteiger partial charge in [-0.25, -0.2) is 0 Å². The Morgan fingerprint density at radius 1 is 1.10 bits per heavy atom. The number of nitrogens with two attached hydrogens (primary N) is 1. The van der Waals surface area contributed by atoms with Gasteiger partial charge in [0.25, 0.3) is 0 Å². The molecule has 12 nitrogen and oxygen atoms in total. The van der Waals surface area contributed by atoms with Crippen LogP contribution in [0.25, 0.3) is 0 Å². The first-order valence-electron chi connectivity index (χ1n) is 15.1. The molecule has 0 aromatic rings. The molecule has 0 spiro atoms. The van der Waals surface area contributed by atoms with Crippen molar-refractivity contribution in [2.75, 3.05) is 46.0 Å². The van der Waals surface area contributed by atoms with Crippen molar-refractivity contribution < 1.29 is 23.8 Å². The maximum absolute atomic E-state index is 12.9. The highest BCUT2D eigenvalue weighted by Gasteiger charge is 2.52. The topological polar surface area (TPSA) is 151 Å². The van der Waals surface area contributed by atoms with Crippen LogP contribution in [-0.4, -0.2) is 110 Å². The number of amides is 1. The minimum Gasteiger partial charge on any atom is -0.472 e. The van der Waals surface area contributed by atoms with Gasteiger partial charge in [-0.1, -0.05) is 12.8 Å². The lowest BCUT2D eigenvalue weighted by atomic mass is 9.84. The summed E-state index contributed by atoms with van der Waals surface area (Å²) < 4.78 is 17.9. The Kier molecular flexibility index (Phi) is 7.99. The van der Waals surface area contributed by atoms with E-state index < -0.39 is 6.10 Å². The fraction of sp³-hybridized carbons (Fsp3) is 0.852. The predicted molar refractivity (Wildman–Crippen MR) is 149 cm³/mol. The summed E-state index contributed by atoms with van der Waals surface area (Å²) in [5.74, 6) is 1.02. The van der Waals surface area contributed by atoms with E-state index in [2.05, 4.69) is 31.5 Å². The average Bonchev–Trinajstić information content (AvgIpc) is 3.69. The molecule has 7 rings (SSSR count). The molecule has 7 N–H and O–H groups in total. The number of hydrogen-bond acceptors (Lipinski definition) is 12. The Balaban J connectivity index is 0.985. The van der Waals surface area contributed by atoms with Crippen LogP contribution in [0.1, 0.15) is 32.1 Å². The van der Waals surface area contributed by atoms with Gasteiger partial charge < -0.3 is 30.2 Å². The van der Waals surface area contributed by atoms with Gasteiger partial charge in [-0.15, -0.1) is 11.8 Å². The number of rotatable bonds is 6. The molecule has 7 aliphatic rings. The van der Waals surface area contributed by atoms with Gasteiger partial charge in [-0.3, -0.25) is 30.9 Å². The third kappa shape index (κ3) is 5.39. The first-order valence-corrected chi connectivity index (χ1v) is 16.0. The van der Waals surface area contributed by atoms with Crippen LogP contribution in [0.5, 0.6) is 0 Å². The van der Waals surface area contributed by atoms with Crippen molar-refractivity contribution in [1.82, 2.24) is 31.5 Å². The molecule has 1 aliphatic carbocycles. The lowest BCUT2D eigenvalue weighted by Gasteiger charge is -2.42. The number of carbonyl (C=O) groups is 2. The van der Waals surface area contributed by atoms with Gasteiger partial charge >= 0.3 is 0 Å². The van der Waals surface area contributed by atoms with E-state index in [-0.39, 0.29) is 64.7 Å². The Morgan fingerprint density at radius 3 is 2.80 bits per heavy atom. The number of fused-ring (bicyclic) bond motifs is 2. The second kappa shape index (κ2) is 11.7. The van der Waals surface area contributed by atoms with Crippen LogP contribution in [0.3, 0.4) is 0 Å². The molecule has 1 saturated carbocycles. The summed E-state index contributed by atoms with van der Waals surface area (Å²) in [7, 11) is 0. The quantitative estimate of drug-likeness (QED) is 0.220. The van der Waals surface area contributed by atoms with Crippen molar-refractivity contribution in [2.24, 2.45) is 23.5 Å². The molecule has 222 valence electrons. The molecule has 1 amide bonds. The fourth-order valence-corrected chi connectivity index (χ4v) is 9.00. The first kappa shape index (κ1) is 27.4. The van der Waals surface area contributed by atoms with Crippen molar-refractivity contribution in [3.63, 3.8) is 0 Å². The number of morpholine rings is 1. The van der Waals surface area contributed by atoms with Crippen LogP contribution in [-0.2, 0) is 23.8 Å². The van der Waals surface area contributed by atoms with E-state index in [1.807, 2.05) is 11.8 Å². The summed E-state index contributed by atoms with van der Waals surface area (Å²) in [6.45, 7) is 4.72. The maximum atomic E-state index is 12.9. The Hall–Kier alpha value is -1.45. The summed E-state index contributed by atoms with van der Waals surface area (Å²) >= 11 is 1.81. The summed E-state index contributed by atoms with van der Waals surface area (Å²) in [4.78, 5) is 27.8. The number of carbonyl (C=O) groups excluding carboxylic acids is 2. The van der Waals surface area contributed by atoms with Gasteiger partial charge in [0.05, 0.1) is 38.1 Å². The Labute approximate surface area is 239 Å². The monoisotopic (exact) mass is 577 g/mol. The van der Waals surface area contributed by atoms with Crippen LogP contribution in [0, 0.1) is 17.8 Å². The molecule has 11 atom stereocenters. The number of piperidine rings is 1. The number of hydrogen-bond donors (Lipinski definition) is 6. The highest BCUT2D eigenvalue weighted by molar-refractivity contribution is 8.00. The number of nitrogens with one attached hydrogen (secondary N) is 5. The number of nitrogens with zero attached hydrogens (tertiary/aromatic N) is 1. The van der Waals surface area contributed by atoms with Crippen LogP contribution >= 0.6 is 11.8 Å².